The highest BCUT2D eigenvalue weighted by atomic mass is 16.6. The summed E-state index contributed by atoms with van der Waals surface area (Å²) in [6.07, 6.45) is 1.40. The fourth-order valence-electron chi connectivity index (χ4n) is 1.87. The van der Waals surface area contributed by atoms with Crippen LogP contribution in [0, 0.1) is 0 Å². The van der Waals surface area contributed by atoms with Gasteiger partial charge in [0.2, 0.25) is 5.91 Å². The van der Waals surface area contributed by atoms with E-state index in [2.05, 4.69) is 5.32 Å². The van der Waals surface area contributed by atoms with Crippen molar-refractivity contribution in [1.82, 2.24) is 10.2 Å². The van der Waals surface area contributed by atoms with Gasteiger partial charge in [-0.1, -0.05) is 0 Å². The van der Waals surface area contributed by atoms with Crippen LogP contribution in [0.5, 0.6) is 0 Å². The van der Waals surface area contributed by atoms with Crippen LogP contribution in [0.25, 0.3) is 0 Å². The number of carbonyl (C=O) groups is 2. The Balaban J connectivity index is 2.48. The summed E-state index contributed by atoms with van der Waals surface area (Å²) in [5.41, 5.74) is 4.75. The molecule has 1 fully saturated rings. The van der Waals surface area contributed by atoms with E-state index in [4.69, 9.17) is 10.5 Å². The highest BCUT2D eigenvalue weighted by molar-refractivity contribution is 5.78. The first-order valence-corrected chi connectivity index (χ1v) is 6.29. The molecule has 2 amide bonds. The zero-order valence-corrected chi connectivity index (χ0v) is 11.4. The number of carbonyl (C=O) groups excluding carboxylic acids is 2. The number of nitrogens with zero attached hydrogens (tertiary/aromatic N) is 1. The van der Waals surface area contributed by atoms with Gasteiger partial charge in [0.1, 0.15) is 5.60 Å². The van der Waals surface area contributed by atoms with Gasteiger partial charge in [-0.2, -0.15) is 0 Å². The molecule has 0 unspecified atom stereocenters. The number of likely N-dealkylation sites (tertiary alicyclic amines) is 1. The van der Waals surface area contributed by atoms with Crippen LogP contribution in [0.1, 0.15) is 33.6 Å². The average molecular weight is 257 g/mol. The SMILES string of the molecule is CC(C)(C)OC(=O)N1CCC[C@H](NC(=O)CN)C1. The van der Waals surface area contributed by atoms with E-state index < -0.39 is 5.60 Å². The van der Waals surface area contributed by atoms with Gasteiger partial charge >= 0.3 is 6.09 Å². The smallest absolute Gasteiger partial charge is 0.410 e. The van der Waals surface area contributed by atoms with E-state index in [9.17, 15) is 9.59 Å². The maximum atomic E-state index is 11.9. The van der Waals surface area contributed by atoms with Gasteiger partial charge in [0.15, 0.2) is 0 Å². The second-order valence-corrected chi connectivity index (χ2v) is 5.54. The monoisotopic (exact) mass is 257 g/mol. The minimum absolute atomic E-state index is 0.0249. The first-order valence-electron chi connectivity index (χ1n) is 6.29. The summed E-state index contributed by atoms with van der Waals surface area (Å²) >= 11 is 0. The van der Waals surface area contributed by atoms with Crippen molar-refractivity contribution in [2.45, 2.75) is 45.3 Å². The Labute approximate surface area is 108 Å². The lowest BCUT2D eigenvalue weighted by molar-refractivity contribution is -0.120. The Morgan fingerprint density at radius 3 is 2.67 bits per heavy atom. The Bertz CT molecular complexity index is 312. The van der Waals surface area contributed by atoms with Crippen LogP contribution in [0.2, 0.25) is 0 Å². The number of rotatable bonds is 2. The fourth-order valence-corrected chi connectivity index (χ4v) is 1.87. The van der Waals surface area contributed by atoms with E-state index in [1.54, 1.807) is 4.90 Å². The van der Waals surface area contributed by atoms with Crippen molar-refractivity contribution in [1.29, 1.82) is 0 Å². The molecule has 6 heteroatoms. The molecule has 0 radical (unpaired) electrons. The number of ether oxygens (including phenoxy) is 1. The van der Waals surface area contributed by atoms with E-state index in [1.165, 1.54) is 0 Å². The molecule has 0 bridgehead atoms. The molecule has 1 heterocycles. The molecule has 0 aliphatic carbocycles. The summed E-state index contributed by atoms with van der Waals surface area (Å²) in [4.78, 5) is 24.7. The van der Waals surface area contributed by atoms with Crippen LogP contribution in [-0.2, 0) is 9.53 Å². The third-order valence-corrected chi connectivity index (χ3v) is 2.62. The van der Waals surface area contributed by atoms with Crippen molar-refractivity contribution >= 4 is 12.0 Å². The number of hydrogen-bond donors (Lipinski definition) is 2. The second-order valence-electron chi connectivity index (χ2n) is 5.54. The molecule has 1 rings (SSSR count). The lowest BCUT2D eigenvalue weighted by Gasteiger charge is -2.34. The number of piperidine rings is 1. The number of nitrogens with two attached hydrogens (primary N) is 1. The molecule has 1 aliphatic rings. The topological polar surface area (TPSA) is 84.7 Å². The number of amides is 2. The molecule has 0 aromatic rings. The van der Waals surface area contributed by atoms with E-state index >= 15 is 0 Å². The normalized spacial score (nSPS) is 20.4. The van der Waals surface area contributed by atoms with Gasteiger partial charge in [-0.15, -0.1) is 0 Å². The van der Waals surface area contributed by atoms with Gasteiger partial charge in [0, 0.05) is 19.1 Å². The minimum Gasteiger partial charge on any atom is -0.444 e. The number of nitrogens with one attached hydrogen (secondary N) is 1. The van der Waals surface area contributed by atoms with E-state index in [-0.39, 0.29) is 24.6 Å². The van der Waals surface area contributed by atoms with Crippen molar-refractivity contribution in [3.05, 3.63) is 0 Å². The van der Waals surface area contributed by atoms with Gasteiger partial charge < -0.3 is 20.7 Å². The summed E-state index contributed by atoms with van der Waals surface area (Å²) in [5, 5.41) is 2.80. The van der Waals surface area contributed by atoms with Gasteiger partial charge in [-0.3, -0.25) is 4.79 Å². The summed E-state index contributed by atoms with van der Waals surface area (Å²) in [6.45, 7) is 6.64. The van der Waals surface area contributed by atoms with Crippen LogP contribution in [0.4, 0.5) is 4.79 Å². The molecule has 18 heavy (non-hydrogen) atoms. The van der Waals surface area contributed by atoms with Gasteiger partial charge in [-0.25, -0.2) is 4.79 Å². The van der Waals surface area contributed by atoms with Gasteiger partial charge in [0.05, 0.1) is 6.54 Å². The Hall–Kier alpha value is -1.30. The Kier molecular flexibility index (Phi) is 4.95. The van der Waals surface area contributed by atoms with Crippen LogP contribution in [0.3, 0.4) is 0 Å². The summed E-state index contributed by atoms with van der Waals surface area (Å²) in [6, 6.07) is -0.0256. The molecule has 1 aliphatic heterocycles. The van der Waals surface area contributed by atoms with Crippen LogP contribution in [-0.4, -0.2) is 48.2 Å². The van der Waals surface area contributed by atoms with Crippen molar-refractivity contribution in [2.75, 3.05) is 19.6 Å². The lowest BCUT2D eigenvalue weighted by Crippen LogP contribution is -2.51. The molecular formula is C12H23N3O3. The highest BCUT2D eigenvalue weighted by Crippen LogP contribution is 2.15. The predicted molar refractivity (Wildman–Crippen MR) is 68.0 cm³/mol. The third-order valence-electron chi connectivity index (χ3n) is 2.62. The highest BCUT2D eigenvalue weighted by Gasteiger charge is 2.27. The zero-order valence-electron chi connectivity index (χ0n) is 11.4. The van der Waals surface area contributed by atoms with Gasteiger partial charge in [0.25, 0.3) is 0 Å². The van der Waals surface area contributed by atoms with Crippen LogP contribution < -0.4 is 11.1 Å². The first kappa shape index (κ1) is 14.8. The maximum Gasteiger partial charge on any atom is 0.410 e. The molecule has 0 aromatic carbocycles. The molecule has 0 spiro atoms. The van der Waals surface area contributed by atoms with E-state index in [1.807, 2.05) is 20.8 Å². The van der Waals surface area contributed by atoms with E-state index in [0.29, 0.717) is 13.1 Å². The van der Waals surface area contributed by atoms with Crippen molar-refractivity contribution in [2.24, 2.45) is 5.73 Å². The van der Waals surface area contributed by atoms with Crippen molar-refractivity contribution < 1.29 is 14.3 Å². The van der Waals surface area contributed by atoms with Gasteiger partial charge in [-0.05, 0) is 33.6 Å². The number of hydrogen-bond acceptors (Lipinski definition) is 4. The molecule has 0 aromatic heterocycles. The quantitative estimate of drug-likeness (QED) is 0.752. The molecule has 104 valence electrons. The van der Waals surface area contributed by atoms with Crippen molar-refractivity contribution in [3.8, 4) is 0 Å². The predicted octanol–water partition coefficient (Wildman–Crippen LogP) is 0.461. The fraction of sp³-hybridized carbons (Fsp3) is 0.833. The largest absolute Gasteiger partial charge is 0.444 e. The lowest BCUT2D eigenvalue weighted by atomic mass is 10.1. The Morgan fingerprint density at radius 2 is 2.11 bits per heavy atom. The molecule has 0 saturated carbocycles. The average Bonchev–Trinajstić information content (AvgIpc) is 2.27. The Morgan fingerprint density at radius 1 is 1.44 bits per heavy atom. The van der Waals surface area contributed by atoms with Crippen LogP contribution >= 0.6 is 0 Å². The minimum atomic E-state index is -0.496. The zero-order chi connectivity index (χ0) is 13.8. The molecule has 1 saturated heterocycles. The summed E-state index contributed by atoms with van der Waals surface area (Å²) < 4.78 is 5.31. The molecule has 1 atom stereocenters. The molecule has 3 N–H and O–H groups in total. The summed E-state index contributed by atoms with van der Waals surface area (Å²) in [7, 11) is 0. The van der Waals surface area contributed by atoms with E-state index in [0.717, 1.165) is 12.8 Å². The molecule has 6 nitrogen and oxygen atoms in total. The standard InChI is InChI=1S/C12H23N3O3/c1-12(2,3)18-11(17)15-6-4-5-9(8-15)14-10(16)7-13/h9H,4-8,13H2,1-3H3,(H,14,16)/t9-/m0/s1. The third kappa shape index (κ3) is 4.91. The van der Waals surface area contributed by atoms with Crippen LogP contribution in [0.15, 0.2) is 0 Å². The molecular weight excluding hydrogens is 234 g/mol. The first-order chi connectivity index (χ1) is 8.31. The second kappa shape index (κ2) is 6.04. The summed E-state index contributed by atoms with van der Waals surface area (Å²) in [5.74, 6) is -0.189. The maximum absolute atomic E-state index is 11.9. The van der Waals surface area contributed by atoms with Crippen molar-refractivity contribution in [3.63, 3.8) is 0 Å².